The van der Waals surface area contributed by atoms with Crippen molar-refractivity contribution in [3.63, 3.8) is 0 Å². The summed E-state index contributed by atoms with van der Waals surface area (Å²) in [5.74, 6) is 1.16. The summed E-state index contributed by atoms with van der Waals surface area (Å²) in [6, 6.07) is 0. The molecule has 1 aromatic heterocycles. The van der Waals surface area contributed by atoms with E-state index in [2.05, 4.69) is 47.0 Å². The summed E-state index contributed by atoms with van der Waals surface area (Å²) >= 11 is 0. The molecule has 0 amide bonds. The van der Waals surface area contributed by atoms with Crippen LogP contribution in [0, 0.1) is 0 Å². The zero-order valence-electron chi connectivity index (χ0n) is 12.7. The van der Waals surface area contributed by atoms with E-state index in [9.17, 15) is 0 Å². The zero-order chi connectivity index (χ0) is 13.7. The van der Waals surface area contributed by atoms with Gasteiger partial charge in [-0.05, 0) is 33.4 Å². The Morgan fingerprint density at radius 1 is 1.37 bits per heavy atom. The fraction of sp³-hybridized carbons (Fsp3) is 0.800. The van der Waals surface area contributed by atoms with Crippen LogP contribution in [0.1, 0.15) is 44.9 Å². The maximum atomic E-state index is 4.45. The van der Waals surface area contributed by atoms with Gasteiger partial charge in [0.25, 0.3) is 0 Å². The van der Waals surface area contributed by atoms with Crippen LogP contribution >= 0.6 is 0 Å². The van der Waals surface area contributed by atoms with Crippen LogP contribution in [0.4, 0.5) is 0 Å². The van der Waals surface area contributed by atoms with E-state index in [4.69, 9.17) is 0 Å². The zero-order valence-corrected chi connectivity index (χ0v) is 12.7. The van der Waals surface area contributed by atoms with Gasteiger partial charge >= 0.3 is 0 Å². The van der Waals surface area contributed by atoms with Gasteiger partial charge in [-0.25, -0.2) is 4.98 Å². The molecule has 4 heteroatoms. The van der Waals surface area contributed by atoms with Gasteiger partial charge in [-0.3, -0.25) is 0 Å². The van der Waals surface area contributed by atoms with Crippen LogP contribution in [0.3, 0.4) is 0 Å². The van der Waals surface area contributed by atoms with E-state index in [1.807, 2.05) is 6.20 Å². The SMILES string of the molecule is CCCn1ccnc1CNCC1(N(C)C)CCCC1. The van der Waals surface area contributed by atoms with Crippen LogP contribution in [0.2, 0.25) is 0 Å². The van der Waals surface area contributed by atoms with Gasteiger partial charge in [0.1, 0.15) is 5.82 Å². The first-order valence-corrected chi connectivity index (χ1v) is 7.56. The minimum atomic E-state index is 0.363. The van der Waals surface area contributed by atoms with E-state index in [0.717, 1.165) is 31.9 Å². The predicted molar refractivity (Wildman–Crippen MR) is 79.1 cm³/mol. The molecule has 0 unspecified atom stereocenters. The molecular weight excluding hydrogens is 236 g/mol. The lowest BCUT2D eigenvalue weighted by Crippen LogP contribution is -2.49. The summed E-state index contributed by atoms with van der Waals surface area (Å²) in [6.45, 7) is 5.22. The first kappa shape index (κ1) is 14.5. The third-order valence-corrected chi connectivity index (χ3v) is 4.49. The van der Waals surface area contributed by atoms with Crippen molar-refractivity contribution in [3.05, 3.63) is 18.2 Å². The van der Waals surface area contributed by atoms with E-state index in [1.54, 1.807) is 0 Å². The molecule has 0 aliphatic heterocycles. The molecule has 1 fully saturated rings. The largest absolute Gasteiger partial charge is 0.334 e. The van der Waals surface area contributed by atoms with Gasteiger partial charge in [0.2, 0.25) is 0 Å². The van der Waals surface area contributed by atoms with Gasteiger partial charge < -0.3 is 14.8 Å². The van der Waals surface area contributed by atoms with Crippen molar-refractivity contribution in [2.45, 2.75) is 57.7 Å². The lowest BCUT2D eigenvalue weighted by molar-refractivity contribution is 0.153. The molecule has 4 nitrogen and oxygen atoms in total. The van der Waals surface area contributed by atoms with Crippen molar-refractivity contribution in [2.75, 3.05) is 20.6 Å². The number of nitrogens with one attached hydrogen (secondary N) is 1. The second-order valence-electron chi connectivity index (χ2n) is 5.97. The van der Waals surface area contributed by atoms with Gasteiger partial charge in [0, 0.05) is 31.0 Å². The summed E-state index contributed by atoms with van der Waals surface area (Å²) in [7, 11) is 4.43. The maximum absolute atomic E-state index is 4.45. The molecule has 108 valence electrons. The summed E-state index contributed by atoms with van der Waals surface area (Å²) < 4.78 is 2.25. The van der Waals surface area contributed by atoms with E-state index in [0.29, 0.717) is 5.54 Å². The second-order valence-corrected chi connectivity index (χ2v) is 5.97. The molecule has 0 spiro atoms. The summed E-state index contributed by atoms with van der Waals surface area (Å²) in [4.78, 5) is 6.86. The monoisotopic (exact) mass is 264 g/mol. The lowest BCUT2D eigenvalue weighted by Gasteiger charge is -2.36. The number of likely N-dealkylation sites (N-methyl/N-ethyl adjacent to an activating group) is 1. The van der Waals surface area contributed by atoms with Crippen molar-refractivity contribution in [1.82, 2.24) is 19.8 Å². The van der Waals surface area contributed by atoms with Crippen LogP contribution < -0.4 is 5.32 Å². The van der Waals surface area contributed by atoms with Crippen LogP contribution in [-0.4, -0.2) is 40.6 Å². The number of imidazole rings is 1. The Bertz CT molecular complexity index is 377. The molecule has 0 bridgehead atoms. The Balaban J connectivity index is 1.86. The topological polar surface area (TPSA) is 33.1 Å². The van der Waals surface area contributed by atoms with Crippen molar-refractivity contribution in [2.24, 2.45) is 0 Å². The van der Waals surface area contributed by atoms with Crippen molar-refractivity contribution < 1.29 is 0 Å². The van der Waals surface area contributed by atoms with E-state index in [-0.39, 0.29) is 0 Å². The van der Waals surface area contributed by atoms with Gasteiger partial charge in [-0.1, -0.05) is 19.8 Å². The number of hydrogen-bond donors (Lipinski definition) is 1. The summed E-state index contributed by atoms with van der Waals surface area (Å²) in [5, 5.41) is 3.63. The minimum absolute atomic E-state index is 0.363. The number of aromatic nitrogens is 2. The average molecular weight is 264 g/mol. The number of hydrogen-bond acceptors (Lipinski definition) is 3. The molecule has 1 heterocycles. The molecule has 2 rings (SSSR count). The predicted octanol–water partition coefficient (Wildman–Crippen LogP) is 2.26. The fourth-order valence-electron chi connectivity index (χ4n) is 3.17. The van der Waals surface area contributed by atoms with E-state index in [1.165, 1.54) is 25.7 Å². The first-order chi connectivity index (χ1) is 9.18. The highest BCUT2D eigenvalue weighted by molar-refractivity contribution is 4.96. The standard InChI is InChI=1S/C15H28N4/c1-4-10-19-11-9-17-14(19)12-16-13-15(18(2)3)7-5-6-8-15/h9,11,16H,4-8,10,12-13H2,1-3H3. The first-order valence-electron chi connectivity index (χ1n) is 7.56. The molecule has 1 saturated carbocycles. The number of rotatable bonds is 7. The summed E-state index contributed by atoms with van der Waals surface area (Å²) in [6.07, 6.45) is 10.5. The Labute approximate surface area is 117 Å². The van der Waals surface area contributed by atoms with Crippen LogP contribution in [0.5, 0.6) is 0 Å². The highest BCUT2D eigenvalue weighted by atomic mass is 15.2. The Hall–Kier alpha value is -0.870. The van der Waals surface area contributed by atoms with Crippen LogP contribution in [0.25, 0.3) is 0 Å². The molecule has 1 N–H and O–H groups in total. The molecule has 1 aliphatic carbocycles. The van der Waals surface area contributed by atoms with Crippen molar-refractivity contribution >= 4 is 0 Å². The number of nitrogens with zero attached hydrogens (tertiary/aromatic N) is 3. The third kappa shape index (κ3) is 3.37. The number of aryl methyl sites for hydroxylation is 1. The second kappa shape index (κ2) is 6.53. The Kier molecular flexibility index (Phi) is 4.99. The minimum Gasteiger partial charge on any atom is -0.334 e. The van der Waals surface area contributed by atoms with Crippen LogP contribution in [-0.2, 0) is 13.1 Å². The molecule has 0 atom stereocenters. The third-order valence-electron chi connectivity index (χ3n) is 4.49. The van der Waals surface area contributed by atoms with E-state index < -0.39 is 0 Å². The molecule has 1 aliphatic rings. The van der Waals surface area contributed by atoms with Crippen molar-refractivity contribution in [1.29, 1.82) is 0 Å². The molecule has 0 radical (unpaired) electrons. The maximum Gasteiger partial charge on any atom is 0.122 e. The Morgan fingerprint density at radius 3 is 2.74 bits per heavy atom. The van der Waals surface area contributed by atoms with Gasteiger partial charge in [0.15, 0.2) is 0 Å². The molecule has 19 heavy (non-hydrogen) atoms. The summed E-state index contributed by atoms with van der Waals surface area (Å²) in [5.41, 5.74) is 0.363. The van der Waals surface area contributed by atoms with Gasteiger partial charge in [-0.2, -0.15) is 0 Å². The highest BCUT2D eigenvalue weighted by Gasteiger charge is 2.35. The fourth-order valence-corrected chi connectivity index (χ4v) is 3.17. The quantitative estimate of drug-likeness (QED) is 0.820. The smallest absolute Gasteiger partial charge is 0.122 e. The van der Waals surface area contributed by atoms with Gasteiger partial charge in [0.05, 0.1) is 6.54 Å². The van der Waals surface area contributed by atoms with Crippen LogP contribution in [0.15, 0.2) is 12.4 Å². The normalized spacial score (nSPS) is 18.3. The molecule has 0 aromatic carbocycles. The average Bonchev–Trinajstić information content (AvgIpc) is 3.01. The van der Waals surface area contributed by atoms with E-state index >= 15 is 0 Å². The Morgan fingerprint density at radius 2 is 2.11 bits per heavy atom. The molecule has 1 aromatic rings. The van der Waals surface area contributed by atoms with Crippen molar-refractivity contribution in [3.8, 4) is 0 Å². The molecule has 0 saturated heterocycles. The molecular formula is C15H28N4. The van der Waals surface area contributed by atoms with Gasteiger partial charge in [-0.15, -0.1) is 0 Å². The lowest BCUT2D eigenvalue weighted by atomic mass is 9.96. The highest BCUT2D eigenvalue weighted by Crippen LogP contribution is 2.33.